The number of carbonyl (C=O) groups is 2. The lowest BCUT2D eigenvalue weighted by Gasteiger charge is -2.47. The minimum atomic E-state index is -0.628. The summed E-state index contributed by atoms with van der Waals surface area (Å²) in [5.41, 5.74) is 4.48. The molecule has 2 heterocycles. The van der Waals surface area contributed by atoms with E-state index in [-0.39, 0.29) is 27.7 Å². The molecule has 2 aliphatic rings. The standard InChI is InChI=1S/C27H30FN3O2S/c1-7-30-23-13-22(28)18(11-20(23)17(4)14-27(30,5)6)12-21-24(32)29-26(34)31(25(21)33)19-9-8-15(2)16(3)10-19/h8-13,17H,7,14H2,1-6H3,(H,29,32,34)/b21-12-. The predicted octanol–water partition coefficient (Wildman–Crippen LogP) is 5.39. The van der Waals surface area contributed by atoms with Crippen molar-refractivity contribution in [2.45, 2.75) is 59.4 Å². The van der Waals surface area contributed by atoms with Gasteiger partial charge in [-0.05, 0) is 106 Å². The van der Waals surface area contributed by atoms with E-state index < -0.39 is 17.6 Å². The lowest BCUT2D eigenvalue weighted by atomic mass is 9.79. The normalized spacial score (nSPS) is 21.1. The molecule has 5 nitrogen and oxygen atoms in total. The number of amides is 2. The van der Waals surface area contributed by atoms with Crippen molar-refractivity contribution in [3.05, 3.63) is 64.0 Å². The van der Waals surface area contributed by atoms with Gasteiger partial charge in [0.2, 0.25) is 0 Å². The molecular weight excluding hydrogens is 449 g/mol. The van der Waals surface area contributed by atoms with Gasteiger partial charge in [0.05, 0.1) is 5.69 Å². The van der Waals surface area contributed by atoms with Crippen LogP contribution < -0.4 is 15.1 Å². The van der Waals surface area contributed by atoms with E-state index in [2.05, 4.69) is 37.9 Å². The Bertz CT molecular complexity index is 1250. The van der Waals surface area contributed by atoms with Crippen LogP contribution in [-0.2, 0) is 9.59 Å². The van der Waals surface area contributed by atoms with E-state index in [0.29, 0.717) is 5.69 Å². The number of rotatable bonds is 3. The lowest BCUT2D eigenvalue weighted by Crippen LogP contribution is -2.54. The molecule has 4 rings (SSSR count). The van der Waals surface area contributed by atoms with Gasteiger partial charge in [-0.15, -0.1) is 0 Å². The molecule has 0 saturated carbocycles. The summed E-state index contributed by atoms with van der Waals surface area (Å²) in [6.45, 7) is 13.2. The Labute approximate surface area is 205 Å². The number of aryl methyl sites for hydroxylation is 2. The topological polar surface area (TPSA) is 52.7 Å². The summed E-state index contributed by atoms with van der Waals surface area (Å²) in [5.74, 6) is -1.46. The smallest absolute Gasteiger partial charge is 0.270 e. The van der Waals surface area contributed by atoms with E-state index in [1.165, 1.54) is 17.0 Å². The van der Waals surface area contributed by atoms with Crippen molar-refractivity contribution in [2.75, 3.05) is 16.3 Å². The van der Waals surface area contributed by atoms with E-state index >= 15 is 4.39 Å². The number of carbonyl (C=O) groups excluding carboxylic acids is 2. The summed E-state index contributed by atoms with van der Waals surface area (Å²) in [6.07, 6.45) is 2.26. The second-order valence-corrected chi connectivity index (χ2v) is 10.2. The van der Waals surface area contributed by atoms with E-state index in [1.807, 2.05) is 26.0 Å². The van der Waals surface area contributed by atoms with Crippen LogP contribution in [-0.4, -0.2) is 29.0 Å². The zero-order valence-electron chi connectivity index (χ0n) is 20.5. The van der Waals surface area contributed by atoms with Gasteiger partial charge >= 0.3 is 0 Å². The summed E-state index contributed by atoms with van der Waals surface area (Å²) in [7, 11) is 0. The molecular formula is C27H30FN3O2S. The predicted molar refractivity (Wildman–Crippen MR) is 139 cm³/mol. The highest BCUT2D eigenvalue weighted by Crippen LogP contribution is 2.44. The van der Waals surface area contributed by atoms with Crippen molar-refractivity contribution in [3.8, 4) is 0 Å². The molecule has 178 valence electrons. The zero-order valence-corrected chi connectivity index (χ0v) is 21.3. The number of hydrogen-bond acceptors (Lipinski definition) is 4. The van der Waals surface area contributed by atoms with Gasteiger partial charge in [-0.25, -0.2) is 4.39 Å². The molecule has 0 radical (unpaired) electrons. The fourth-order valence-electron chi connectivity index (χ4n) is 5.14. The number of thiocarbonyl (C=S) groups is 1. The highest BCUT2D eigenvalue weighted by atomic mass is 32.1. The molecule has 1 fully saturated rings. The number of anilines is 2. The molecule has 2 aromatic carbocycles. The van der Waals surface area contributed by atoms with Crippen LogP contribution in [0.25, 0.3) is 6.08 Å². The zero-order chi connectivity index (χ0) is 24.9. The lowest BCUT2D eigenvalue weighted by molar-refractivity contribution is -0.122. The Hall–Kier alpha value is -3.06. The molecule has 0 aliphatic carbocycles. The maximum absolute atomic E-state index is 15.3. The molecule has 1 atom stereocenters. The SMILES string of the molecule is CCN1c2cc(F)c(/C=C3/C(=O)NC(=S)N(c4ccc(C)c(C)c4)C3=O)cc2C(C)CC1(C)C. The summed E-state index contributed by atoms with van der Waals surface area (Å²) in [6, 6.07) is 8.82. The average molecular weight is 480 g/mol. The maximum atomic E-state index is 15.3. The minimum absolute atomic E-state index is 0.00996. The number of hydrogen-bond donors (Lipinski definition) is 1. The molecule has 34 heavy (non-hydrogen) atoms. The fourth-order valence-corrected chi connectivity index (χ4v) is 5.42. The fraction of sp³-hybridized carbons (Fsp3) is 0.370. The van der Waals surface area contributed by atoms with Gasteiger partial charge in [0.25, 0.3) is 11.8 Å². The quantitative estimate of drug-likeness (QED) is 0.365. The van der Waals surface area contributed by atoms with Crippen LogP contribution in [0, 0.1) is 19.7 Å². The van der Waals surface area contributed by atoms with Gasteiger partial charge in [-0.1, -0.05) is 13.0 Å². The van der Waals surface area contributed by atoms with Crippen LogP contribution >= 0.6 is 12.2 Å². The van der Waals surface area contributed by atoms with E-state index in [9.17, 15) is 9.59 Å². The van der Waals surface area contributed by atoms with Gasteiger partial charge in [-0.2, -0.15) is 0 Å². The first kappa shape index (κ1) is 24.1. The van der Waals surface area contributed by atoms with Crippen LogP contribution in [0.3, 0.4) is 0 Å². The Morgan fingerprint density at radius 3 is 2.53 bits per heavy atom. The van der Waals surface area contributed by atoms with Crippen LogP contribution in [0.1, 0.15) is 62.3 Å². The molecule has 2 amide bonds. The van der Waals surface area contributed by atoms with Crippen LogP contribution in [0.15, 0.2) is 35.9 Å². The highest BCUT2D eigenvalue weighted by molar-refractivity contribution is 7.80. The van der Waals surface area contributed by atoms with E-state index in [0.717, 1.165) is 35.3 Å². The monoisotopic (exact) mass is 479 g/mol. The maximum Gasteiger partial charge on any atom is 0.270 e. The minimum Gasteiger partial charge on any atom is -0.366 e. The molecule has 0 bridgehead atoms. The first-order valence-electron chi connectivity index (χ1n) is 11.5. The molecule has 1 saturated heterocycles. The van der Waals surface area contributed by atoms with E-state index in [4.69, 9.17) is 12.2 Å². The molecule has 2 aromatic rings. The van der Waals surface area contributed by atoms with Gasteiger partial charge in [0.15, 0.2) is 5.11 Å². The van der Waals surface area contributed by atoms with Crippen LogP contribution in [0.4, 0.5) is 15.8 Å². The van der Waals surface area contributed by atoms with Crippen LogP contribution in [0.5, 0.6) is 0 Å². The molecule has 0 aromatic heterocycles. The second kappa shape index (κ2) is 8.62. The average Bonchev–Trinajstić information content (AvgIpc) is 2.73. The third-order valence-corrected chi connectivity index (χ3v) is 7.26. The Balaban J connectivity index is 1.78. The van der Waals surface area contributed by atoms with E-state index in [1.54, 1.807) is 12.1 Å². The number of nitrogens with zero attached hydrogens (tertiary/aromatic N) is 2. The Kier molecular flexibility index (Phi) is 6.10. The molecule has 1 unspecified atom stereocenters. The van der Waals surface area contributed by atoms with Crippen LogP contribution in [0.2, 0.25) is 0 Å². The summed E-state index contributed by atoms with van der Waals surface area (Å²) < 4.78 is 15.3. The summed E-state index contributed by atoms with van der Waals surface area (Å²) >= 11 is 5.29. The third-order valence-electron chi connectivity index (χ3n) is 6.97. The third kappa shape index (κ3) is 4.02. The summed E-state index contributed by atoms with van der Waals surface area (Å²) in [5, 5.41) is 2.59. The van der Waals surface area contributed by atoms with Crippen molar-refractivity contribution >= 4 is 46.6 Å². The number of nitrogens with one attached hydrogen (secondary N) is 1. The van der Waals surface area contributed by atoms with Gasteiger partial charge in [0.1, 0.15) is 11.4 Å². The molecule has 0 spiro atoms. The number of halogens is 1. The second-order valence-electron chi connectivity index (χ2n) is 9.82. The number of fused-ring (bicyclic) bond motifs is 1. The molecule has 7 heteroatoms. The van der Waals surface area contributed by atoms with Crippen molar-refractivity contribution in [3.63, 3.8) is 0 Å². The molecule has 1 N–H and O–H groups in total. The summed E-state index contributed by atoms with van der Waals surface area (Å²) in [4.78, 5) is 29.6. The largest absolute Gasteiger partial charge is 0.366 e. The van der Waals surface area contributed by atoms with Crippen molar-refractivity contribution in [1.82, 2.24) is 5.32 Å². The first-order valence-corrected chi connectivity index (χ1v) is 11.9. The highest BCUT2D eigenvalue weighted by Gasteiger charge is 2.37. The van der Waals surface area contributed by atoms with Gasteiger partial charge in [0, 0.05) is 23.3 Å². The first-order chi connectivity index (χ1) is 15.9. The van der Waals surface area contributed by atoms with Crippen molar-refractivity contribution in [2.24, 2.45) is 0 Å². The van der Waals surface area contributed by atoms with Gasteiger partial charge < -0.3 is 4.90 Å². The van der Waals surface area contributed by atoms with Gasteiger partial charge in [-0.3, -0.25) is 19.8 Å². The Morgan fingerprint density at radius 1 is 1.18 bits per heavy atom. The van der Waals surface area contributed by atoms with Crippen molar-refractivity contribution < 1.29 is 14.0 Å². The van der Waals surface area contributed by atoms with Crippen molar-refractivity contribution in [1.29, 1.82) is 0 Å². The Morgan fingerprint density at radius 2 is 1.88 bits per heavy atom. The number of benzene rings is 2. The molecule has 2 aliphatic heterocycles.